The summed E-state index contributed by atoms with van der Waals surface area (Å²) < 4.78 is 5.44. The lowest BCUT2D eigenvalue weighted by Crippen LogP contribution is -2.09. The third-order valence-corrected chi connectivity index (χ3v) is 2.72. The monoisotopic (exact) mass is 290 g/mol. The third-order valence-electron chi connectivity index (χ3n) is 2.72. The fraction of sp³-hybridized carbons (Fsp3) is 0.154. The van der Waals surface area contributed by atoms with E-state index in [4.69, 9.17) is 15.7 Å². The molecule has 0 aliphatic carbocycles. The van der Waals surface area contributed by atoms with Crippen molar-refractivity contribution in [1.82, 2.24) is 4.98 Å². The molecule has 8 nitrogen and oxygen atoms in total. The highest BCUT2D eigenvalue weighted by atomic mass is 16.6. The summed E-state index contributed by atoms with van der Waals surface area (Å²) in [6.45, 7) is 0.0530. The molecule has 0 fully saturated rings. The van der Waals surface area contributed by atoms with Crippen molar-refractivity contribution in [3.63, 3.8) is 0 Å². The molecule has 0 aliphatic heterocycles. The molecule has 21 heavy (non-hydrogen) atoms. The van der Waals surface area contributed by atoms with Crippen LogP contribution in [0.4, 0.5) is 11.5 Å². The number of nitro groups is 1. The molecule has 0 radical (unpaired) electrons. The second kappa shape index (κ2) is 6.64. The predicted octanol–water partition coefficient (Wildman–Crippen LogP) is 1.60. The van der Waals surface area contributed by atoms with E-state index < -0.39 is 4.92 Å². The van der Waals surface area contributed by atoms with E-state index in [1.807, 2.05) is 0 Å². The van der Waals surface area contributed by atoms with E-state index in [1.54, 1.807) is 24.3 Å². The van der Waals surface area contributed by atoms with Gasteiger partial charge in [0.2, 0.25) is 0 Å². The zero-order valence-corrected chi connectivity index (χ0v) is 11.0. The second-order valence-corrected chi connectivity index (χ2v) is 4.14. The van der Waals surface area contributed by atoms with Crippen molar-refractivity contribution in [1.29, 1.82) is 0 Å². The molecule has 0 aliphatic rings. The van der Waals surface area contributed by atoms with Crippen LogP contribution in [0, 0.1) is 10.1 Å². The number of aliphatic hydroxyl groups is 1. The van der Waals surface area contributed by atoms with Crippen LogP contribution in [0.3, 0.4) is 0 Å². The Labute approximate surface area is 120 Å². The number of aromatic nitrogens is 1. The second-order valence-electron chi connectivity index (χ2n) is 4.14. The van der Waals surface area contributed by atoms with Crippen molar-refractivity contribution in [2.45, 2.75) is 6.42 Å². The maximum absolute atomic E-state index is 11.0. The molecule has 0 amide bonds. The lowest BCUT2D eigenvalue weighted by molar-refractivity contribution is -0.386. The molecule has 1 aromatic heterocycles. The number of ether oxygens (including phenoxy) is 1. The molecule has 1 aromatic carbocycles. The highest BCUT2D eigenvalue weighted by molar-refractivity contribution is 5.50. The summed E-state index contributed by atoms with van der Waals surface area (Å²) in [7, 11) is 0. The molecule has 0 atom stereocenters. The summed E-state index contributed by atoms with van der Waals surface area (Å²) in [6.07, 6.45) is 0.533. The van der Waals surface area contributed by atoms with Gasteiger partial charge in [-0.3, -0.25) is 10.1 Å². The summed E-state index contributed by atoms with van der Waals surface area (Å²) in [5, 5.41) is 19.8. The Bertz CT molecular complexity index is 631. The largest absolute Gasteiger partial charge is 0.434 e. The number of hydrazine groups is 1. The minimum Gasteiger partial charge on any atom is -0.434 e. The minimum absolute atomic E-state index is 0.0530. The van der Waals surface area contributed by atoms with Crippen LogP contribution in [0.2, 0.25) is 0 Å². The minimum atomic E-state index is -0.581. The van der Waals surface area contributed by atoms with Gasteiger partial charge in [0.05, 0.1) is 4.92 Å². The van der Waals surface area contributed by atoms with Crippen LogP contribution in [0.15, 0.2) is 36.4 Å². The molecular weight excluding hydrogens is 276 g/mol. The number of rotatable bonds is 6. The summed E-state index contributed by atoms with van der Waals surface area (Å²) in [5.74, 6) is 5.74. The van der Waals surface area contributed by atoms with Gasteiger partial charge in [0.1, 0.15) is 11.6 Å². The van der Waals surface area contributed by atoms with E-state index in [2.05, 4.69) is 10.4 Å². The average Bonchev–Trinajstić information content (AvgIpc) is 2.49. The fourth-order valence-corrected chi connectivity index (χ4v) is 1.69. The van der Waals surface area contributed by atoms with Gasteiger partial charge < -0.3 is 15.3 Å². The van der Waals surface area contributed by atoms with Crippen molar-refractivity contribution in [2.24, 2.45) is 5.84 Å². The number of nitrogens with one attached hydrogen (secondary N) is 1. The van der Waals surface area contributed by atoms with Crippen molar-refractivity contribution in [2.75, 3.05) is 12.0 Å². The van der Waals surface area contributed by atoms with Crippen molar-refractivity contribution in [3.8, 4) is 11.6 Å². The van der Waals surface area contributed by atoms with Gasteiger partial charge in [0.15, 0.2) is 0 Å². The van der Waals surface area contributed by atoms with Gasteiger partial charge >= 0.3 is 11.6 Å². The number of hydrogen-bond donors (Lipinski definition) is 3. The van der Waals surface area contributed by atoms with Crippen LogP contribution in [-0.4, -0.2) is 21.6 Å². The summed E-state index contributed by atoms with van der Waals surface area (Å²) >= 11 is 0. The number of nitrogens with two attached hydrogens (primary N) is 1. The van der Waals surface area contributed by atoms with E-state index in [9.17, 15) is 10.1 Å². The molecule has 0 saturated heterocycles. The lowest BCUT2D eigenvalue weighted by atomic mass is 10.1. The molecule has 8 heteroatoms. The van der Waals surface area contributed by atoms with Gasteiger partial charge in [-0.05, 0) is 30.2 Å². The van der Waals surface area contributed by atoms with E-state index >= 15 is 0 Å². The zero-order chi connectivity index (χ0) is 15.2. The lowest BCUT2D eigenvalue weighted by Gasteiger charge is -2.07. The predicted molar refractivity (Wildman–Crippen MR) is 76.0 cm³/mol. The number of nitrogen functional groups attached to an aromatic ring is 1. The quantitative estimate of drug-likeness (QED) is 0.419. The van der Waals surface area contributed by atoms with E-state index in [-0.39, 0.29) is 24.0 Å². The third kappa shape index (κ3) is 3.65. The SMILES string of the molecule is NNc1ccc([N+](=O)[O-])c(Oc2ccc(CCO)cc2)n1. The molecule has 4 N–H and O–H groups in total. The fourth-order valence-electron chi connectivity index (χ4n) is 1.69. The maximum Gasteiger partial charge on any atom is 0.331 e. The van der Waals surface area contributed by atoms with Gasteiger partial charge in [-0.1, -0.05) is 12.1 Å². The van der Waals surface area contributed by atoms with E-state index in [0.29, 0.717) is 12.2 Å². The molecule has 110 valence electrons. The van der Waals surface area contributed by atoms with Gasteiger partial charge in [0.25, 0.3) is 0 Å². The topological polar surface area (TPSA) is 124 Å². The van der Waals surface area contributed by atoms with Gasteiger partial charge in [0, 0.05) is 12.7 Å². The van der Waals surface area contributed by atoms with Crippen molar-refractivity contribution >= 4 is 11.5 Å². The van der Waals surface area contributed by atoms with Gasteiger partial charge in [-0.15, -0.1) is 0 Å². The Morgan fingerprint density at radius 3 is 2.57 bits per heavy atom. The van der Waals surface area contributed by atoms with E-state index in [0.717, 1.165) is 5.56 Å². The van der Waals surface area contributed by atoms with E-state index in [1.165, 1.54) is 12.1 Å². The van der Waals surface area contributed by atoms with Crippen molar-refractivity contribution in [3.05, 3.63) is 52.1 Å². The Hall–Kier alpha value is -2.71. The Balaban J connectivity index is 2.26. The van der Waals surface area contributed by atoms with Crippen molar-refractivity contribution < 1.29 is 14.8 Å². The van der Waals surface area contributed by atoms with Crippen LogP contribution in [-0.2, 0) is 6.42 Å². The summed E-state index contributed by atoms with van der Waals surface area (Å²) in [5.41, 5.74) is 2.98. The molecule has 0 spiro atoms. The first-order valence-corrected chi connectivity index (χ1v) is 6.13. The maximum atomic E-state index is 11.0. The van der Waals surface area contributed by atoms with Crippen LogP contribution < -0.4 is 16.0 Å². The Morgan fingerprint density at radius 1 is 1.29 bits per heavy atom. The normalized spacial score (nSPS) is 10.2. The van der Waals surface area contributed by atoms with Crippen LogP contribution in [0.1, 0.15) is 5.56 Å². The van der Waals surface area contributed by atoms with Gasteiger partial charge in [-0.2, -0.15) is 4.98 Å². The molecule has 0 saturated carbocycles. The zero-order valence-electron chi connectivity index (χ0n) is 11.0. The Kier molecular flexibility index (Phi) is 4.64. The number of hydrogen-bond acceptors (Lipinski definition) is 7. The number of aliphatic hydroxyl groups excluding tert-OH is 1. The number of benzene rings is 1. The van der Waals surface area contributed by atoms with Crippen LogP contribution >= 0.6 is 0 Å². The highest BCUT2D eigenvalue weighted by Crippen LogP contribution is 2.30. The van der Waals surface area contributed by atoms with Gasteiger partial charge in [-0.25, -0.2) is 5.84 Å². The molecule has 2 aromatic rings. The molecule has 2 rings (SSSR count). The number of nitrogens with zero attached hydrogens (tertiary/aromatic N) is 2. The Morgan fingerprint density at radius 2 is 2.00 bits per heavy atom. The molecule has 0 bridgehead atoms. The van der Waals surface area contributed by atoms with Crippen LogP contribution in [0.25, 0.3) is 0 Å². The van der Waals surface area contributed by atoms with Crippen LogP contribution in [0.5, 0.6) is 11.6 Å². The highest BCUT2D eigenvalue weighted by Gasteiger charge is 2.18. The number of pyridine rings is 1. The average molecular weight is 290 g/mol. The summed E-state index contributed by atoms with van der Waals surface area (Å²) in [6, 6.07) is 9.48. The standard InChI is InChI=1S/C13H14N4O4/c14-16-12-6-5-11(17(19)20)13(15-12)21-10-3-1-9(2-4-10)7-8-18/h1-6,18H,7-8,14H2,(H,15,16). The number of anilines is 1. The summed E-state index contributed by atoms with van der Waals surface area (Å²) in [4.78, 5) is 14.3. The first kappa shape index (κ1) is 14.7. The molecule has 1 heterocycles. The molecule has 0 unspecified atom stereocenters. The first-order chi connectivity index (χ1) is 10.1. The first-order valence-electron chi connectivity index (χ1n) is 6.13. The molecular formula is C13H14N4O4. The smallest absolute Gasteiger partial charge is 0.331 e.